The highest BCUT2D eigenvalue weighted by atomic mass is 35.5. The average Bonchev–Trinajstić information content (AvgIpc) is 2.00. The molecule has 0 aromatic carbocycles. The van der Waals surface area contributed by atoms with Crippen molar-refractivity contribution in [2.45, 2.75) is 4.84 Å². The second-order valence-electron chi connectivity index (χ2n) is 1.33. The molecule has 0 aliphatic heterocycles. The van der Waals surface area contributed by atoms with Gasteiger partial charge in [0.1, 0.15) is 21.7 Å². The van der Waals surface area contributed by atoms with Gasteiger partial charge in [-0.1, -0.05) is 46.4 Å². The number of halogens is 5. The van der Waals surface area contributed by atoms with Gasteiger partial charge >= 0.3 is 5.97 Å². The van der Waals surface area contributed by atoms with Gasteiger partial charge in [-0.3, -0.25) is 0 Å². The van der Waals surface area contributed by atoms with E-state index in [1.165, 1.54) is 0 Å². The van der Waals surface area contributed by atoms with Crippen LogP contribution in [0.4, 0.5) is 0 Å². The Kier molecular flexibility index (Phi) is 5.65. The molecule has 0 aromatic rings. The minimum Gasteiger partial charge on any atom is -0.342 e. The SMILES string of the molecule is O=C(OCl)C(Cl)=C(Cl)C(Cl)Cl. The maximum atomic E-state index is 10.5. The molecule has 0 aliphatic rings. The second-order valence-corrected chi connectivity index (χ2v) is 3.36. The number of alkyl halides is 2. The summed E-state index contributed by atoms with van der Waals surface area (Å²) in [4.78, 5) is 9.44. The van der Waals surface area contributed by atoms with Gasteiger partial charge in [-0.25, -0.2) is 4.79 Å². The molecule has 0 aromatic heterocycles. The smallest absolute Gasteiger partial charge is 0.342 e. The average molecular weight is 258 g/mol. The van der Waals surface area contributed by atoms with E-state index < -0.39 is 15.8 Å². The molecule has 7 heteroatoms. The molecule has 0 unspecified atom stereocenters. The Bertz CT molecular complexity index is 187. The van der Waals surface area contributed by atoms with E-state index >= 15 is 0 Å². The van der Waals surface area contributed by atoms with Crippen LogP contribution in [0.3, 0.4) is 0 Å². The summed E-state index contributed by atoms with van der Waals surface area (Å²) in [5, 5.41) is -0.655. The molecule has 0 saturated carbocycles. The number of allylic oxidation sites excluding steroid dienone is 1. The van der Waals surface area contributed by atoms with Gasteiger partial charge in [0.25, 0.3) is 0 Å². The Balaban J connectivity index is 4.52. The maximum absolute atomic E-state index is 10.5. The molecule has 0 heterocycles. The van der Waals surface area contributed by atoms with E-state index in [4.69, 9.17) is 46.4 Å². The molecule has 0 rings (SSSR count). The van der Waals surface area contributed by atoms with Crippen LogP contribution in [-0.2, 0) is 9.08 Å². The van der Waals surface area contributed by atoms with Crippen molar-refractivity contribution in [3.05, 3.63) is 10.1 Å². The van der Waals surface area contributed by atoms with Gasteiger partial charge in [-0.15, -0.1) is 0 Å². The van der Waals surface area contributed by atoms with Crippen molar-refractivity contribution < 1.29 is 9.08 Å². The summed E-state index contributed by atoms with van der Waals surface area (Å²) in [7, 11) is 0. The van der Waals surface area contributed by atoms with E-state index in [1.807, 2.05) is 0 Å². The monoisotopic (exact) mass is 256 g/mol. The lowest BCUT2D eigenvalue weighted by molar-refractivity contribution is -0.129. The van der Waals surface area contributed by atoms with Crippen LogP contribution in [0.25, 0.3) is 0 Å². The molecule has 0 fully saturated rings. The molecule has 0 atom stereocenters. The Hall–Kier alpha value is 0.660. The first kappa shape index (κ1) is 11.7. The normalized spacial score (nSPS) is 12.9. The van der Waals surface area contributed by atoms with E-state index in [1.54, 1.807) is 0 Å². The largest absolute Gasteiger partial charge is 0.369 e. The zero-order chi connectivity index (χ0) is 9.02. The number of rotatable bonds is 2. The molecule has 2 nitrogen and oxygen atoms in total. The van der Waals surface area contributed by atoms with Crippen LogP contribution in [0.5, 0.6) is 0 Å². The number of hydrogen-bond donors (Lipinski definition) is 0. The van der Waals surface area contributed by atoms with Crippen LogP contribution in [-0.4, -0.2) is 10.8 Å². The molecular weight excluding hydrogens is 257 g/mol. The number of carbonyl (C=O) groups excluding carboxylic acids is 1. The Morgan fingerprint density at radius 2 is 1.73 bits per heavy atom. The van der Waals surface area contributed by atoms with Crippen LogP contribution in [0, 0.1) is 0 Å². The number of carbonyl (C=O) groups is 1. The van der Waals surface area contributed by atoms with Crippen molar-refractivity contribution in [3.8, 4) is 0 Å². The highest BCUT2D eigenvalue weighted by molar-refractivity contribution is 6.56. The third-order valence-electron chi connectivity index (χ3n) is 0.651. The highest BCUT2D eigenvalue weighted by Crippen LogP contribution is 2.25. The Morgan fingerprint density at radius 3 is 2.00 bits per heavy atom. The fraction of sp³-hybridized carbons (Fsp3) is 0.250. The van der Waals surface area contributed by atoms with Gasteiger partial charge in [-0.2, -0.15) is 0 Å². The van der Waals surface area contributed by atoms with Crippen LogP contribution in [0.2, 0.25) is 0 Å². The summed E-state index contributed by atoms with van der Waals surface area (Å²) in [6.45, 7) is 0. The second kappa shape index (κ2) is 5.33. The van der Waals surface area contributed by atoms with E-state index in [2.05, 4.69) is 16.2 Å². The van der Waals surface area contributed by atoms with Crippen molar-refractivity contribution in [1.29, 1.82) is 0 Å². The zero-order valence-corrected chi connectivity index (χ0v) is 8.56. The lowest BCUT2D eigenvalue weighted by Crippen LogP contribution is -2.01. The summed E-state index contributed by atoms with van der Waals surface area (Å²) in [6, 6.07) is 0. The maximum Gasteiger partial charge on any atom is 0.369 e. The van der Waals surface area contributed by atoms with Gasteiger partial charge in [-0.05, 0) is 0 Å². The van der Waals surface area contributed by atoms with Gasteiger partial charge in [0.15, 0.2) is 0 Å². The fourth-order valence-electron chi connectivity index (χ4n) is 0.227. The third-order valence-corrected chi connectivity index (χ3v) is 2.31. The first-order chi connectivity index (χ1) is 5.00. The Labute approximate surface area is 88.1 Å². The molecule has 0 radical (unpaired) electrons. The van der Waals surface area contributed by atoms with Crippen LogP contribution in [0.1, 0.15) is 0 Å². The topological polar surface area (TPSA) is 26.3 Å². The van der Waals surface area contributed by atoms with Crippen LogP contribution < -0.4 is 0 Å². The van der Waals surface area contributed by atoms with E-state index in [9.17, 15) is 4.79 Å². The first-order valence-corrected chi connectivity index (χ1v) is 4.10. The molecule has 11 heavy (non-hydrogen) atoms. The summed E-state index contributed by atoms with van der Waals surface area (Å²) >= 11 is 25.9. The molecular formula is C4HCl5O2. The third kappa shape index (κ3) is 3.72. The molecule has 0 spiro atoms. The molecule has 0 saturated heterocycles. The van der Waals surface area contributed by atoms with Gasteiger partial charge in [0.2, 0.25) is 0 Å². The lowest BCUT2D eigenvalue weighted by atomic mass is 10.5. The Morgan fingerprint density at radius 1 is 1.27 bits per heavy atom. The molecule has 64 valence electrons. The summed E-state index contributed by atoms with van der Waals surface area (Å²) in [6.07, 6.45) is 0. The first-order valence-electron chi connectivity index (χ1n) is 2.17. The molecule has 0 amide bonds. The lowest BCUT2D eigenvalue weighted by Gasteiger charge is -1.99. The van der Waals surface area contributed by atoms with Crippen LogP contribution >= 0.6 is 58.3 Å². The van der Waals surface area contributed by atoms with Gasteiger partial charge < -0.3 is 4.29 Å². The van der Waals surface area contributed by atoms with E-state index in [0.29, 0.717) is 0 Å². The molecule has 0 aliphatic carbocycles. The van der Waals surface area contributed by atoms with Crippen molar-refractivity contribution >= 4 is 64.2 Å². The zero-order valence-electron chi connectivity index (χ0n) is 4.78. The molecule has 0 bridgehead atoms. The summed E-state index contributed by atoms with van der Waals surface area (Å²) in [5.74, 6) is -0.996. The van der Waals surface area contributed by atoms with E-state index in [-0.39, 0.29) is 5.03 Å². The van der Waals surface area contributed by atoms with E-state index in [0.717, 1.165) is 0 Å². The van der Waals surface area contributed by atoms with Crippen molar-refractivity contribution in [1.82, 2.24) is 0 Å². The van der Waals surface area contributed by atoms with Crippen molar-refractivity contribution in [3.63, 3.8) is 0 Å². The van der Waals surface area contributed by atoms with Crippen LogP contribution in [0.15, 0.2) is 10.1 Å². The van der Waals surface area contributed by atoms with Gasteiger partial charge in [0.05, 0.1) is 5.03 Å². The van der Waals surface area contributed by atoms with Gasteiger partial charge in [0, 0.05) is 0 Å². The molecule has 0 N–H and O–H groups in total. The minimum absolute atomic E-state index is 0.222. The predicted octanol–water partition coefficient (Wildman–Crippen LogP) is 3.18. The standard InChI is InChI=1S/C4HCl5O2/c5-1(3(7)8)2(6)4(10)11-9/h3H. The predicted molar refractivity (Wildman–Crippen MR) is 46.2 cm³/mol. The highest BCUT2D eigenvalue weighted by Gasteiger charge is 2.17. The number of hydrogen-bond acceptors (Lipinski definition) is 2. The van der Waals surface area contributed by atoms with Crippen molar-refractivity contribution in [2.75, 3.05) is 0 Å². The summed E-state index contributed by atoms with van der Waals surface area (Å²) in [5.41, 5.74) is 0. The quantitative estimate of drug-likeness (QED) is 0.561. The fourth-order valence-corrected chi connectivity index (χ4v) is 0.899. The minimum atomic E-state index is -1.07. The van der Waals surface area contributed by atoms with Crippen molar-refractivity contribution in [2.24, 2.45) is 0 Å². The summed E-state index contributed by atoms with van der Waals surface area (Å²) < 4.78 is 3.73.